The van der Waals surface area contributed by atoms with Gasteiger partial charge in [0.25, 0.3) is 0 Å². The maximum atomic E-state index is 5.99. The van der Waals surface area contributed by atoms with E-state index < -0.39 is 0 Å². The second-order valence-electron chi connectivity index (χ2n) is 4.13. The number of thiazole rings is 1. The van der Waals surface area contributed by atoms with Crippen LogP contribution >= 0.6 is 11.3 Å². The van der Waals surface area contributed by atoms with Gasteiger partial charge in [-0.25, -0.2) is 4.98 Å². The van der Waals surface area contributed by atoms with E-state index in [-0.39, 0.29) is 0 Å². The lowest BCUT2D eigenvalue weighted by atomic mass is 10.2. The van der Waals surface area contributed by atoms with Crippen molar-refractivity contribution < 1.29 is 0 Å². The van der Waals surface area contributed by atoms with Crippen molar-refractivity contribution >= 4 is 33.6 Å². The lowest BCUT2D eigenvalue weighted by molar-refractivity contribution is 1.08. The summed E-state index contributed by atoms with van der Waals surface area (Å²) in [7, 11) is 0. The Kier molecular flexibility index (Phi) is 2.64. The summed E-state index contributed by atoms with van der Waals surface area (Å²) in [5.74, 6) is 0. The number of H-pyrrole nitrogens is 1. The molecule has 0 spiro atoms. The Labute approximate surface area is 108 Å². The fourth-order valence-corrected chi connectivity index (χ4v) is 2.53. The molecule has 0 saturated heterocycles. The number of anilines is 2. The fourth-order valence-electron chi connectivity index (χ4n) is 1.82. The monoisotopic (exact) mass is 259 g/mol. The average Bonchev–Trinajstić information content (AvgIpc) is 2.94. The highest BCUT2D eigenvalue weighted by Crippen LogP contribution is 2.25. The number of nitrogens with two attached hydrogens (primary N) is 1. The number of nitrogens with one attached hydrogen (secondary N) is 2. The molecule has 0 fully saturated rings. The summed E-state index contributed by atoms with van der Waals surface area (Å²) in [6.45, 7) is 2.67. The SMILES string of the molecule is Cc1csc(CNc2cc3[nH]ncc3cc2N)n1. The first-order valence-electron chi connectivity index (χ1n) is 5.60. The third-order valence-corrected chi connectivity index (χ3v) is 3.67. The van der Waals surface area contributed by atoms with Gasteiger partial charge in [0, 0.05) is 16.5 Å². The number of hydrogen-bond donors (Lipinski definition) is 3. The van der Waals surface area contributed by atoms with E-state index in [4.69, 9.17) is 5.73 Å². The van der Waals surface area contributed by atoms with Gasteiger partial charge in [-0.15, -0.1) is 11.3 Å². The van der Waals surface area contributed by atoms with Crippen molar-refractivity contribution in [3.05, 3.63) is 34.4 Å². The van der Waals surface area contributed by atoms with Gasteiger partial charge in [-0.05, 0) is 19.1 Å². The Hall–Kier alpha value is -2.08. The molecule has 0 aliphatic rings. The van der Waals surface area contributed by atoms with Crippen molar-refractivity contribution in [2.45, 2.75) is 13.5 Å². The number of aromatic nitrogens is 3. The van der Waals surface area contributed by atoms with Gasteiger partial charge in [0.1, 0.15) is 5.01 Å². The zero-order chi connectivity index (χ0) is 12.5. The highest BCUT2D eigenvalue weighted by atomic mass is 32.1. The maximum Gasteiger partial charge on any atom is 0.112 e. The second kappa shape index (κ2) is 4.30. The topological polar surface area (TPSA) is 79.6 Å². The number of aromatic amines is 1. The van der Waals surface area contributed by atoms with Crippen LogP contribution in [0.2, 0.25) is 0 Å². The zero-order valence-corrected chi connectivity index (χ0v) is 10.7. The van der Waals surface area contributed by atoms with Crippen molar-refractivity contribution in [2.75, 3.05) is 11.1 Å². The highest BCUT2D eigenvalue weighted by Gasteiger charge is 2.04. The van der Waals surface area contributed by atoms with Crippen LogP contribution in [0.25, 0.3) is 10.9 Å². The molecule has 0 bridgehead atoms. The van der Waals surface area contributed by atoms with Crippen LogP contribution in [0.1, 0.15) is 10.7 Å². The highest BCUT2D eigenvalue weighted by molar-refractivity contribution is 7.09. The summed E-state index contributed by atoms with van der Waals surface area (Å²) >= 11 is 1.65. The summed E-state index contributed by atoms with van der Waals surface area (Å²) in [5.41, 5.74) is 9.64. The minimum absolute atomic E-state index is 0.683. The molecule has 0 unspecified atom stereocenters. The Morgan fingerprint density at radius 1 is 1.44 bits per heavy atom. The Balaban J connectivity index is 1.83. The smallest absolute Gasteiger partial charge is 0.112 e. The molecule has 3 rings (SSSR count). The van der Waals surface area contributed by atoms with Gasteiger partial charge < -0.3 is 11.1 Å². The quantitative estimate of drug-likeness (QED) is 0.631. The van der Waals surface area contributed by atoms with Crippen LogP contribution in [-0.4, -0.2) is 15.2 Å². The molecule has 6 heteroatoms. The maximum absolute atomic E-state index is 5.99. The summed E-state index contributed by atoms with van der Waals surface area (Å²) in [6, 6.07) is 3.88. The fraction of sp³-hybridized carbons (Fsp3) is 0.167. The lowest BCUT2D eigenvalue weighted by Gasteiger charge is -2.07. The van der Waals surface area contributed by atoms with Crippen molar-refractivity contribution in [2.24, 2.45) is 0 Å². The molecule has 3 aromatic rings. The molecule has 4 N–H and O–H groups in total. The Morgan fingerprint density at radius 2 is 2.33 bits per heavy atom. The van der Waals surface area contributed by atoms with E-state index in [0.717, 1.165) is 33.0 Å². The largest absolute Gasteiger partial charge is 0.397 e. The van der Waals surface area contributed by atoms with E-state index in [1.807, 2.05) is 24.4 Å². The first kappa shape index (κ1) is 11.0. The molecule has 2 aromatic heterocycles. The van der Waals surface area contributed by atoms with E-state index in [1.165, 1.54) is 0 Å². The second-order valence-corrected chi connectivity index (χ2v) is 5.08. The molecule has 0 amide bonds. The van der Waals surface area contributed by atoms with Crippen LogP contribution in [0.4, 0.5) is 11.4 Å². The van der Waals surface area contributed by atoms with Gasteiger partial charge in [-0.1, -0.05) is 0 Å². The molecule has 1 aromatic carbocycles. The molecule has 0 atom stereocenters. The number of benzene rings is 1. The number of rotatable bonds is 3. The minimum atomic E-state index is 0.683. The molecular weight excluding hydrogens is 246 g/mol. The van der Waals surface area contributed by atoms with Gasteiger partial charge in [-0.3, -0.25) is 5.10 Å². The van der Waals surface area contributed by atoms with Crippen LogP contribution < -0.4 is 11.1 Å². The van der Waals surface area contributed by atoms with E-state index in [1.54, 1.807) is 17.5 Å². The van der Waals surface area contributed by atoms with Crippen molar-refractivity contribution in [3.63, 3.8) is 0 Å². The molecule has 0 aliphatic carbocycles. The van der Waals surface area contributed by atoms with Crippen molar-refractivity contribution in [1.29, 1.82) is 0 Å². The summed E-state index contributed by atoms with van der Waals surface area (Å²) in [5, 5.41) is 14.3. The average molecular weight is 259 g/mol. The molecular formula is C12H13N5S. The normalized spacial score (nSPS) is 10.9. The minimum Gasteiger partial charge on any atom is -0.397 e. The van der Waals surface area contributed by atoms with Gasteiger partial charge in [0.05, 0.1) is 29.6 Å². The van der Waals surface area contributed by atoms with Gasteiger partial charge in [-0.2, -0.15) is 5.10 Å². The molecule has 0 radical (unpaired) electrons. The molecule has 5 nitrogen and oxygen atoms in total. The van der Waals surface area contributed by atoms with Crippen LogP contribution in [-0.2, 0) is 6.54 Å². The number of aryl methyl sites for hydroxylation is 1. The number of hydrogen-bond acceptors (Lipinski definition) is 5. The van der Waals surface area contributed by atoms with E-state index in [9.17, 15) is 0 Å². The predicted molar refractivity (Wildman–Crippen MR) is 74.7 cm³/mol. The van der Waals surface area contributed by atoms with E-state index in [2.05, 4.69) is 20.5 Å². The lowest BCUT2D eigenvalue weighted by Crippen LogP contribution is -2.02. The van der Waals surface area contributed by atoms with E-state index >= 15 is 0 Å². The molecule has 0 aliphatic heterocycles. The predicted octanol–water partition coefficient (Wildman–Crippen LogP) is 2.52. The van der Waals surface area contributed by atoms with Crippen LogP contribution in [0, 0.1) is 6.92 Å². The van der Waals surface area contributed by atoms with E-state index in [0.29, 0.717) is 6.54 Å². The first-order valence-corrected chi connectivity index (χ1v) is 6.48. The standard InChI is InChI=1S/C12H13N5S/c1-7-6-18-12(16-7)5-14-11-3-10-8(2-9(11)13)4-15-17-10/h2-4,6,14H,5,13H2,1H3,(H,15,17). The van der Waals surface area contributed by atoms with Crippen LogP contribution in [0.3, 0.4) is 0 Å². The Morgan fingerprint density at radius 3 is 3.11 bits per heavy atom. The number of nitrogens with zero attached hydrogens (tertiary/aromatic N) is 2. The summed E-state index contributed by atoms with van der Waals surface area (Å²) in [4.78, 5) is 4.40. The number of fused-ring (bicyclic) bond motifs is 1. The summed E-state index contributed by atoms with van der Waals surface area (Å²) in [6.07, 6.45) is 1.76. The number of nitrogen functional groups attached to an aromatic ring is 1. The van der Waals surface area contributed by atoms with Crippen molar-refractivity contribution in [1.82, 2.24) is 15.2 Å². The van der Waals surface area contributed by atoms with Crippen molar-refractivity contribution in [3.8, 4) is 0 Å². The van der Waals surface area contributed by atoms with Gasteiger partial charge in [0.15, 0.2) is 0 Å². The third-order valence-electron chi connectivity index (χ3n) is 2.71. The molecule has 92 valence electrons. The molecule has 0 saturated carbocycles. The van der Waals surface area contributed by atoms with Gasteiger partial charge >= 0.3 is 0 Å². The third kappa shape index (κ3) is 2.02. The first-order chi connectivity index (χ1) is 8.72. The zero-order valence-electron chi connectivity index (χ0n) is 9.90. The summed E-state index contributed by atoms with van der Waals surface area (Å²) < 4.78 is 0. The molecule has 2 heterocycles. The molecule has 18 heavy (non-hydrogen) atoms. The Bertz CT molecular complexity index is 685. The van der Waals surface area contributed by atoms with Gasteiger partial charge in [0.2, 0.25) is 0 Å². The van der Waals surface area contributed by atoms with Crippen LogP contribution in [0.5, 0.6) is 0 Å². The van der Waals surface area contributed by atoms with Crippen LogP contribution in [0.15, 0.2) is 23.7 Å².